The Morgan fingerprint density at radius 2 is 2.11 bits per heavy atom. The molecule has 0 radical (unpaired) electrons. The molecule has 0 amide bonds. The number of rotatable bonds is 4. The summed E-state index contributed by atoms with van der Waals surface area (Å²) in [5.74, 6) is 0. The topological polar surface area (TPSA) is 35.8 Å². The lowest BCUT2D eigenvalue weighted by Crippen LogP contribution is -2.35. The van der Waals surface area contributed by atoms with Crippen molar-refractivity contribution in [2.75, 3.05) is 18.1 Å². The Labute approximate surface area is 124 Å². The fourth-order valence-corrected chi connectivity index (χ4v) is 3.82. The van der Waals surface area contributed by atoms with Gasteiger partial charge in [-0.15, -0.1) is 0 Å². The Balaban J connectivity index is 2.10. The van der Waals surface area contributed by atoms with E-state index in [1.165, 1.54) is 32.1 Å². The highest BCUT2D eigenvalue weighted by atomic mass is 35.5. The van der Waals surface area contributed by atoms with Crippen LogP contribution in [-0.2, 0) is 0 Å². The molecule has 1 saturated carbocycles. The van der Waals surface area contributed by atoms with E-state index in [0.29, 0.717) is 15.3 Å². The Hall–Kier alpha value is -0.850. The Bertz CT molecular complexity index is 476. The molecule has 1 aliphatic carbocycles. The van der Waals surface area contributed by atoms with Crippen molar-refractivity contribution in [2.24, 2.45) is 0 Å². The van der Waals surface area contributed by atoms with Crippen LogP contribution in [0.5, 0.6) is 0 Å². The van der Waals surface area contributed by atoms with Crippen molar-refractivity contribution in [1.82, 2.24) is 0 Å². The van der Waals surface area contributed by atoms with Crippen LogP contribution >= 0.6 is 23.4 Å². The fraction of sp³-hybridized carbons (Fsp3) is 0.533. The molecule has 1 aliphatic rings. The van der Waals surface area contributed by atoms with Crippen LogP contribution in [0.15, 0.2) is 18.2 Å². The monoisotopic (exact) mass is 294 g/mol. The maximum atomic E-state index is 9.18. The lowest BCUT2D eigenvalue weighted by Gasteiger charge is -2.36. The molecule has 0 bridgehead atoms. The minimum absolute atomic E-state index is 0.313. The van der Waals surface area contributed by atoms with E-state index in [2.05, 4.69) is 17.6 Å². The SMILES string of the molecule is CSC1(CNc2cccc(Cl)c2C#N)CCCCC1. The predicted molar refractivity (Wildman–Crippen MR) is 84.0 cm³/mol. The highest BCUT2D eigenvalue weighted by molar-refractivity contribution is 8.00. The van der Waals surface area contributed by atoms with Crippen molar-refractivity contribution in [3.63, 3.8) is 0 Å². The van der Waals surface area contributed by atoms with Gasteiger partial charge in [-0.05, 0) is 31.2 Å². The second-order valence-electron chi connectivity index (χ2n) is 5.08. The summed E-state index contributed by atoms with van der Waals surface area (Å²) in [6.45, 7) is 0.906. The van der Waals surface area contributed by atoms with Crippen LogP contribution in [0.3, 0.4) is 0 Å². The van der Waals surface area contributed by atoms with Gasteiger partial charge < -0.3 is 5.32 Å². The number of thioether (sulfide) groups is 1. The van der Waals surface area contributed by atoms with Gasteiger partial charge in [-0.25, -0.2) is 0 Å². The molecule has 1 aromatic carbocycles. The van der Waals surface area contributed by atoms with Gasteiger partial charge in [0, 0.05) is 11.3 Å². The number of benzene rings is 1. The van der Waals surface area contributed by atoms with E-state index in [-0.39, 0.29) is 0 Å². The van der Waals surface area contributed by atoms with Crippen molar-refractivity contribution in [2.45, 2.75) is 36.9 Å². The number of anilines is 1. The van der Waals surface area contributed by atoms with Gasteiger partial charge >= 0.3 is 0 Å². The van der Waals surface area contributed by atoms with E-state index < -0.39 is 0 Å². The third-order valence-corrected chi connectivity index (χ3v) is 5.66. The first kappa shape index (κ1) is 14.6. The molecule has 2 rings (SSSR count). The van der Waals surface area contributed by atoms with Crippen LogP contribution in [0.1, 0.15) is 37.7 Å². The summed E-state index contributed by atoms with van der Waals surface area (Å²) in [6.07, 6.45) is 8.67. The first-order valence-corrected chi connectivity index (χ1v) is 8.29. The molecular weight excluding hydrogens is 276 g/mol. The van der Waals surface area contributed by atoms with E-state index in [1.54, 1.807) is 6.07 Å². The summed E-state index contributed by atoms with van der Waals surface area (Å²) in [5.41, 5.74) is 1.41. The van der Waals surface area contributed by atoms with Crippen LogP contribution in [0.4, 0.5) is 5.69 Å². The standard InChI is InChI=1S/C15H19ClN2S/c1-19-15(8-3-2-4-9-15)11-18-14-7-5-6-13(16)12(14)10-17/h5-7,18H,2-4,8-9,11H2,1H3. The molecule has 0 spiro atoms. The van der Waals surface area contributed by atoms with Crippen molar-refractivity contribution < 1.29 is 0 Å². The summed E-state index contributed by atoms with van der Waals surface area (Å²) >= 11 is 8.00. The number of nitrogens with one attached hydrogen (secondary N) is 1. The molecule has 102 valence electrons. The van der Waals surface area contributed by atoms with Gasteiger partial charge in [0.1, 0.15) is 6.07 Å². The molecular formula is C15H19ClN2S. The quantitative estimate of drug-likeness (QED) is 0.875. The van der Waals surface area contributed by atoms with Gasteiger partial charge in [0.15, 0.2) is 0 Å². The zero-order valence-electron chi connectivity index (χ0n) is 11.2. The molecule has 0 heterocycles. The molecule has 2 nitrogen and oxygen atoms in total. The first-order chi connectivity index (χ1) is 9.21. The van der Waals surface area contributed by atoms with Crippen LogP contribution in [0, 0.1) is 11.3 Å². The van der Waals surface area contributed by atoms with E-state index in [0.717, 1.165) is 12.2 Å². The van der Waals surface area contributed by atoms with Gasteiger partial charge in [-0.1, -0.05) is 36.9 Å². The molecule has 1 fully saturated rings. The lowest BCUT2D eigenvalue weighted by molar-refractivity contribution is 0.411. The average Bonchev–Trinajstić information content (AvgIpc) is 2.46. The molecule has 19 heavy (non-hydrogen) atoms. The summed E-state index contributed by atoms with van der Waals surface area (Å²) in [6, 6.07) is 7.76. The van der Waals surface area contributed by atoms with Gasteiger partial charge in [0.05, 0.1) is 16.3 Å². The zero-order chi connectivity index (χ0) is 13.7. The van der Waals surface area contributed by atoms with E-state index >= 15 is 0 Å². The molecule has 1 aromatic rings. The fourth-order valence-electron chi connectivity index (χ4n) is 2.69. The van der Waals surface area contributed by atoms with E-state index in [1.807, 2.05) is 23.9 Å². The molecule has 0 atom stereocenters. The highest BCUT2D eigenvalue weighted by Gasteiger charge is 2.31. The van der Waals surface area contributed by atoms with E-state index in [9.17, 15) is 5.26 Å². The zero-order valence-corrected chi connectivity index (χ0v) is 12.8. The van der Waals surface area contributed by atoms with Gasteiger partial charge in [-0.3, -0.25) is 0 Å². The predicted octanol–water partition coefficient (Wildman–Crippen LogP) is 4.69. The number of hydrogen-bond acceptors (Lipinski definition) is 3. The molecule has 0 aliphatic heterocycles. The second-order valence-corrected chi connectivity index (χ2v) is 6.76. The summed E-state index contributed by atoms with van der Waals surface area (Å²) in [7, 11) is 0. The maximum absolute atomic E-state index is 9.18. The third-order valence-electron chi connectivity index (χ3n) is 3.92. The van der Waals surface area contributed by atoms with Crippen LogP contribution in [0.2, 0.25) is 5.02 Å². The second kappa shape index (κ2) is 6.54. The average molecular weight is 295 g/mol. The molecule has 0 unspecified atom stereocenters. The highest BCUT2D eigenvalue weighted by Crippen LogP contribution is 2.39. The minimum Gasteiger partial charge on any atom is -0.383 e. The Morgan fingerprint density at radius 3 is 2.74 bits per heavy atom. The smallest absolute Gasteiger partial charge is 0.103 e. The largest absolute Gasteiger partial charge is 0.383 e. The van der Waals surface area contributed by atoms with Crippen LogP contribution in [-0.4, -0.2) is 17.5 Å². The molecule has 1 N–H and O–H groups in total. The minimum atomic E-state index is 0.313. The Morgan fingerprint density at radius 1 is 1.37 bits per heavy atom. The normalized spacial score (nSPS) is 17.7. The summed E-state index contributed by atoms with van der Waals surface area (Å²) < 4.78 is 0.313. The summed E-state index contributed by atoms with van der Waals surface area (Å²) in [4.78, 5) is 0. The van der Waals surface area contributed by atoms with Crippen LogP contribution in [0.25, 0.3) is 0 Å². The maximum Gasteiger partial charge on any atom is 0.103 e. The molecule has 0 aromatic heterocycles. The van der Waals surface area contributed by atoms with Crippen LogP contribution < -0.4 is 5.32 Å². The number of nitriles is 1. The number of halogens is 1. The third kappa shape index (κ3) is 3.38. The first-order valence-electron chi connectivity index (χ1n) is 6.68. The van der Waals surface area contributed by atoms with Gasteiger partial charge in [0.2, 0.25) is 0 Å². The van der Waals surface area contributed by atoms with Crippen molar-refractivity contribution in [3.8, 4) is 6.07 Å². The van der Waals surface area contributed by atoms with Gasteiger partial charge in [0.25, 0.3) is 0 Å². The van der Waals surface area contributed by atoms with Crippen molar-refractivity contribution in [1.29, 1.82) is 5.26 Å². The number of hydrogen-bond donors (Lipinski definition) is 1. The van der Waals surface area contributed by atoms with Crippen molar-refractivity contribution >= 4 is 29.1 Å². The van der Waals surface area contributed by atoms with E-state index in [4.69, 9.17) is 11.6 Å². The molecule has 0 saturated heterocycles. The summed E-state index contributed by atoms with van der Waals surface area (Å²) in [5, 5.41) is 13.1. The Kier molecular flexibility index (Phi) is 5.01. The van der Waals surface area contributed by atoms with Crippen molar-refractivity contribution in [3.05, 3.63) is 28.8 Å². The molecule has 4 heteroatoms. The van der Waals surface area contributed by atoms with Gasteiger partial charge in [-0.2, -0.15) is 17.0 Å². The lowest BCUT2D eigenvalue weighted by atomic mass is 9.88. The number of nitrogens with zero attached hydrogens (tertiary/aromatic N) is 1.